The molecule has 152 valence electrons. The molecule has 2 heterocycles. The second-order valence-electron chi connectivity index (χ2n) is 7.73. The molecule has 2 aliphatic rings. The van der Waals surface area contributed by atoms with Gasteiger partial charge in [-0.25, -0.2) is 13.1 Å². The lowest BCUT2D eigenvalue weighted by atomic mass is 10.2. The normalized spacial score (nSPS) is 18.9. The van der Waals surface area contributed by atoms with Gasteiger partial charge in [0.15, 0.2) is 0 Å². The van der Waals surface area contributed by atoms with Crippen molar-refractivity contribution >= 4 is 27.0 Å². The number of nitrogens with zero attached hydrogens (tertiary/aromatic N) is 4. The Labute approximate surface area is 165 Å². The van der Waals surface area contributed by atoms with E-state index >= 15 is 0 Å². The largest absolute Gasteiger partial charge is 0.353 e. The molecule has 0 atom stereocenters. The van der Waals surface area contributed by atoms with E-state index in [4.69, 9.17) is 0 Å². The van der Waals surface area contributed by atoms with E-state index in [2.05, 4.69) is 15.6 Å². The molecule has 1 N–H and O–H groups in total. The Morgan fingerprint density at radius 3 is 2.64 bits per heavy atom. The number of fused-ring (bicyclic) bond motifs is 1. The molecule has 0 bridgehead atoms. The predicted molar refractivity (Wildman–Crippen MR) is 105 cm³/mol. The van der Waals surface area contributed by atoms with E-state index in [0.717, 1.165) is 31.2 Å². The topological polar surface area (TPSA) is 97.2 Å². The zero-order valence-electron chi connectivity index (χ0n) is 16.0. The molecule has 1 saturated heterocycles. The Hall–Kier alpha value is -2.00. The summed E-state index contributed by atoms with van der Waals surface area (Å²) in [4.78, 5) is 12.3. The number of carbonyl (C=O) groups excluding carboxylic acids is 1. The first-order valence-electron chi connectivity index (χ1n) is 10.2. The van der Waals surface area contributed by atoms with Crippen molar-refractivity contribution in [3.63, 3.8) is 0 Å². The molecule has 2 fully saturated rings. The van der Waals surface area contributed by atoms with Crippen molar-refractivity contribution in [2.75, 3.05) is 13.1 Å². The fourth-order valence-electron chi connectivity index (χ4n) is 4.11. The summed E-state index contributed by atoms with van der Waals surface area (Å²) in [6.45, 7) is 1.73. The molecule has 1 aromatic carbocycles. The number of hydrogen-bond donors (Lipinski definition) is 1. The first-order chi connectivity index (χ1) is 13.5. The monoisotopic (exact) mass is 405 g/mol. The van der Waals surface area contributed by atoms with Crippen LogP contribution in [0, 0.1) is 0 Å². The summed E-state index contributed by atoms with van der Waals surface area (Å²) >= 11 is 0. The number of amides is 1. The van der Waals surface area contributed by atoms with Crippen molar-refractivity contribution in [3.8, 4) is 0 Å². The first-order valence-corrected chi connectivity index (χ1v) is 11.6. The molecule has 8 nitrogen and oxygen atoms in total. The van der Waals surface area contributed by atoms with Crippen LogP contribution in [0.4, 0.5) is 0 Å². The lowest BCUT2D eigenvalue weighted by Gasteiger charge is -2.15. The summed E-state index contributed by atoms with van der Waals surface area (Å²) < 4.78 is 28.7. The lowest BCUT2D eigenvalue weighted by molar-refractivity contribution is -0.121. The first kappa shape index (κ1) is 19.3. The number of nitrogens with one attached hydrogen (secondary N) is 1. The van der Waals surface area contributed by atoms with E-state index in [1.807, 2.05) is 0 Å². The maximum Gasteiger partial charge on any atom is 0.243 e. The van der Waals surface area contributed by atoms with E-state index in [1.54, 1.807) is 22.9 Å². The fourth-order valence-corrected chi connectivity index (χ4v) is 5.65. The zero-order chi connectivity index (χ0) is 19.6. The third kappa shape index (κ3) is 4.05. The van der Waals surface area contributed by atoms with Crippen LogP contribution in [-0.4, -0.2) is 52.8 Å². The van der Waals surface area contributed by atoms with Crippen LogP contribution >= 0.6 is 0 Å². The molecule has 28 heavy (non-hydrogen) atoms. The summed E-state index contributed by atoms with van der Waals surface area (Å²) in [5.74, 6) is 0.0929. The molecule has 1 amide bonds. The van der Waals surface area contributed by atoms with Crippen LogP contribution in [0.5, 0.6) is 0 Å². The quantitative estimate of drug-likeness (QED) is 0.760. The minimum atomic E-state index is -3.46. The Kier molecular flexibility index (Phi) is 5.63. The molecule has 1 aromatic heterocycles. The molecule has 1 aliphatic carbocycles. The molecule has 4 rings (SSSR count). The number of sulfonamides is 1. The second-order valence-corrected chi connectivity index (χ2v) is 9.66. The zero-order valence-corrected chi connectivity index (χ0v) is 16.8. The minimum Gasteiger partial charge on any atom is -0.353 e. The maximum absolute atomic E-state index is 12.7. The van der Waals surface area contributed by atoms with Gasteiger partial charge in [-0.15, -0.1) is 5.10 Å². The number of rotatable bonds is 7. The third-order valence-electron chi connectivity index (χ3n) is 5.68. The van der Waals surface area contributed by atoms with Gasteiger partial charge in [0, 0.05) is 32.1 Å². The van der Waals surface area contributed by atoms with E-state index in [0.29, 0.717) is 44.0 Å². The summed E-state index contributed by atoms with van der Waals surface area (Å²) in [6, 6.07) is 5.33. The van der Waals surface area contributed by atoms with Gasteiger partial charge in [0.2, 0.25) is 15.9 Å². The van der Waals surface area contributed by atoms with Gasteiger partial charge in [0.05, 0.1) is 10.4 Å². The molecule has 0 spiro atoms. The highest BCUT2D eigenvalue weighted by molar-refractivity contribution is 7.89. The van der Waals surface area contributed by atoms with Crippen LogP contribution in [0.3, 0.4) is 0 Å². The van der Waals surface area contributed by atoms with E-state index < -0.39 is 10.0 Å². The van der Waals surface area contributed by atoms with Gasteiger partial charge in [-0.1, -0.05) is 18.1 Å². The molecule has 0 radical (unpaired) electrons. The SMILES string of the molecule is O=C(CCCn1nnc2cc(S(=O)(=O)N3CCCC3)ccc21)NC1CCCC1. The van der Waals surface area contributed by atoms with Crippen LogP contribution in [0.2, 0.25) is 0 Å². The average Bonchev–Trinajstić information content (AvgIpc) is 3.43. The van der Waals surface area contributed by atoms with Crippen molar-refractivity contribution in [1.29, 1.82) is 0 Å². The van der Waals surface area contributed by atoms with Gasteiger partial charge < -0.3 is 5.32 Å². The van der Waals surface area contributed by atoms with E-state index in [-0.39, 0.29) is 10.8 Å². The molecule has 9 heteroatoms. The summed E-state index contributed by atoms with van der Waals surface area (Å²) in [6.07, 6.45) is 7.52. The Morgan fingerprint density at radius 1 is 1.14 bits per heavy atom. The Balaban J connectivity index is 1.38. The van der Waals surface area contributed by atoms with Crippen molar-refractivity contribution in [3.05, 3.63) is 18.2 Å². The molecule has 1 saturated carbocycles. The van der Waals surface area contributed by atoms with Crippen molar-refractivity contribution < 1.29 is 13.2 Å². The highest BCUT2D eigenvalue weighted by atomic mass is 32.2. The standard InChI is InChI=1S/C19H27N5O3S/c25-19(20-15-6-1-2-7-15)8-5-13-24-18-10-9-16(14-17(18)21-22-24)28(26,27)23-11-3-4-12-23/h9-10,14-15H,1-8,11-13H2,(H,20,25). The predicted octanol–water partition coefficient (Wildman–Crippen LogP) is 2.05. The van der Waals surface area contributed by atoms with Gasteiger partial charge in [-0.05, 0) is 50.3 Å². The Morgan fingerprint density at radius 2 is 1.89 bits per heavy atom. The number of hydrogen-bond acceptors (Lipinski definition) is 5. The third-order valence-corrected chi connectivity index (χ3v) is 7.58. The van der Waals surface area contributed by atoms with Gasteiger partial charge in [-0.3, -0.25) is 4.79 Å². The highest BCUT2D eigenvalue weighted by Gasteiger charge is 2.27. The van der Waals surface area contributed by atoms with Crippen LogP contribution in [-0.2, 0) is 21.4 Å². The molecule has 2 aromatic rings. The molecular formula is C19H27N5O3S. The number of aryl methyl sites for hydroxylation is 1. The van der Waals surface area contributed by atoms with Crippen LogP contribution in [0.15, 0.2) is 23.1 Å². The number of carbonyl (C=O) groups is 1. The Bertz CT molecular complexity index is 944. The minimum absolute atomic E-state index is 0.0929. The lowest BCUT2D eigenvalue weighted by Crippen LogP contribution is -2.32. The van der Waals surface area contributed by atoms with Crippen molar-refractivity contribution in [1.82, 2.24) is 24.6 Å². The fraction of sp³-hybridized carbons (Fsp3) is 0.632. The van der Waals surface area contributed by atoms with Gasteiger partial charge in [-0.2, -0.15) is 4.31 Å². The molecule has 0 unspecified atom stereocenters. The summed E-state index contributed by atoms with van der Waals surface area (Å²) in [5.41, 5.74) is 1.35. The summed E-state index contributed by atoms with van der Waals surface area (Å²) in [7, 11) is -3.46. The van der Waals surface area contributed by atoms with Crippen LogP contribution in [0.1, 0.15) is 51.4 Å². The highest BCUT2D eigenvalue weighted by Crippen LogP contribution is 2.24. The van der Waals surface area contributed by atoms with Gasteiger partial charge in [0.1, 0.15) is 5.52 Å². The van der Waals surface area contributed by atoms with E-state index in [9.17, 15) is 13.2 Å². The smallest absolute Gasteiger partial charge is 0.243 e. The number of benzene rings is 1. The summed E-state index contributed by atoms with van der Waals surface area (Å²) in [5, 5.41) is 11.4. The van der Waals surface area contributed by atoms with Crippen molar-refractivity contribution in [2.45, 2.75) is 68.8 Å². The second kappa shape index (κ2) is 8.16. The van der Waals surface area contributed by atoms with E-state index in [1.165, 1.54) is 17.1 Å². The van der Waals surface area contributed by atoms with Crippen LogP contribution < -0.4 is 5.32 Å². The van der Waals surface area contributed by atoms with Gasteiger partial charge >= 0.3 is 0 Å². The maximum atomic E-state index is 12.7. The molecular weight excluding hydrogens is 378 g/mol. The van der Waals surface area contributed by atoms with Gasteiger partial charge in [0.25, 0.3) is 0 Å². The average molecular weight is 406 g/mol. The van der Waals surface area contributed by atoms with Crippen molar-refractivity contribution in [2.24, 2.45) is 0 Å². The van der Waals surface area contributed by atoms with Crippen LogP contribution in [0.25, 0.3) is 11.0 Å². The molecule has 1 aliphatic heterocycles. The number of aromatic nitrogens is 3.